The van der Waals surface area contributed by atoms with Gasteiger partial charge in [-0.25, -0.2) is 4.99 Å². The van der Waals surface area contributed by atoms with Crippen LogP contribution in [0.25, 0.3) is 0 Å². The summed E-state index contributed by atoms with van der Waals surface area (Å²) in [5, 5.41) is 6.77. The molecule has 112 valence electrons. The minimum absolute atomic E-state index is 0.0366. The molecule has 5 heteroatoms. The van der Waals surface area contributed by atoms with E-state index in [1.54, 1.807) is 0 Å². The second-order valence-corrected chi connectivity index (χ2v) is 6.12. The number of nitrogens with one attached hydrogen (secondary N) is 2. The summed E-state index contributed by atoms with van der Waals surface area (Å²) in [4.78, 5) is 16.4. The van der Waals surface area contributed by atoms with Crippen LogP contribution in [0.2, 0.25) is 0 Å². The van der Waals surface area contributed by atoms with Crippen molar-refractivity contribution in [3.8, 4) is 0 Å². The summed E-state index contributed by atoms with van der Waals surface area (Å²) in [6.07, 6.45) is 0.763. The van der Waals surface area contributed by atoms with Crippen LogP contribution >= 0.6 is 11.8 Å². The Balaban J connectivity index is 1.53. The molecule has 1 heterocycles. The number of benzene rings is 2. The van der Waals surface area contributed by atoms with Gasteiger partial charge in [0.25, 0.3) is 0 Å². The van der Waals surface area contributed by atoms with Crippen LogP contribution in [0, 0.1) is 0 Å². The van der Waals surface area contributed by atoms with Crippen LogP contribution in [0.4, 0.5) is 11.4 Å². The molecule has 1 fully saturated rings. The standard InChI is InChI=1S/C17H17N3OS/c21-16-15(11-12-18-13-7-3-1-4-8-13)22-17(20-16)19-14-9-5-2-6-10-14/h1-10,15,18H,11-12H2,(H,19,20,21). The van der Waals surface area contributed by atoms with E-state index in [0.29, 0.717) is 5.17 Å². The van der Waals surface area contributed by atoms with E-state index in [4.69, 9.17) is 0 Å². The van der Waals surface area contributed by atoms with E-state index < -0.39 is 0 Å². The van der Waals surface area contributed by atoms with Gasteiger partial charge in [-0.3, -0.25) is 4.79 Å². The van der Waals surface area contributed by atoms with Gasteiger partial charge < -0.3 is 10.6 Å². The Morgan fingerprint density at radius 2 is 1.73 bits per heavy atom. The third-order valence-electron chi connectivity index (χ3n) is 3.27. The van der Waals surface area contributed by atoms with Gasteiger partial charge in [0.05, 0.1) is 10.9 Å². The highest BCUT2D eigenvalue weighted by Crippen LogP contribution is 2.25. The minimum atomic E-state index is -0.0846. The van der Waals surface area contributed by atoms with Gasteiger partial charge >= 0.3 is 0 Å². The van der Waals surface area contributed by atoms with Crippen molar-refractivity contribution in [1.82, 2.24) is 5.32 Å². The molecule has 1 unspecified atom stereocenters. The normalized spacial score (nSPS) is 19.2. The Hall–Kier alpha value is -2.27. The molecule has 0 aliphatic carbocycles. The van der Waals surface area contributed by atoms with E-state index in [9.17, 15) is 4.79 Å². The van der Waals surface area contributed by atoms with Gasteiger partial charge in [-0.05, 0) is 30.7 Å². The molecule has 3 rings (SSSR count). The van der Waals surface area contributed by atoms with E-state index in [2.05, 4.69) is 15.6 Å². The van der Waals surface area contributed by atoms with E-state index in [1.165, 1.54) is 11.8 Å². The Morgan fingerprint density at radius 1 is 1.05 bits per heavy atom. The Kier molecular flexibility index (Phi) is 4.75. The Morgan fingerprint density at radius 3 is 2.45 bits per heavy atom. The lowest BCUT2D eigenvalue weighted by Gasteiger charge is -2.08. The van der Waals surface area contributed by atoms with Crippen molar-refractivity contribution in [2.24, 2.45) is 4.99 Å². The van der Waals surface area contributed by atoms with Gasteiger partial charge in [0.1, 0.15) is 0 Å². The average Bonchev–Trinajstić information content (AvgIpc) is 2.89. The maximum atomic E-state index is 12.0. The second-order valence-electron chi connectivity index (χ2n) is 4.93. The van der Waals surface area contributed by atoms with Crippen molar-refractivity contribution < 1.29 is 4.79 Å². The number of rotatable bonds is 5. The number of amides is 1. The summed E-state index contributed by atoms with van der Waals surface area (Å²) in [6, 6.07) is 19.7. The molecule has 0 radical (unpaired) electrons. The zero-order chi connectivity index (χ0) is 15.2. The zero-order valence-corrected chi connectivity index (χ0v) is 12.8. The number of amidine groups is 1. The molecule has 1 atom stereocenters. The number of thioether (sulfide) groups is 1. The first-order chi connectivity index (χ1) is 10.8. The molecule has 22 heavy (non-hydrogen) atoms. The largest absolute Gasteiger partial charge is 0.385 e. The number of hydrogen-bond donors (Lipinski definition) is 2. The topological polar surface area (TPSA) is 53.5 Å². The van der Waals surface area contributed by atoms with E-state index >= 15 is 0 Å². The first-order valence-corrected chi connectivity index (χ1v) is 8.09. The van der Waals surface area contributed by atoms with Crippen molar-refractivity contribution in [3.05, 3.63) is 60.7 Å². The monoisotopic (exact) mass is 311 g/mol. The molecular weight excluding hydrogens is 294 g/mol. The van der Waals surface area contributed by atoms with Crippen LogP contribution < -0.4 is 10.6 Å². The van der Waals surface area contributed by atoms with Gasteiger partial charge in [-0.1, -0.05) is 48.2 Å². The fourth-order valence-electron chi connectivity index (χ4n) is 2.17. The van der Waals surface area contributed by atoms with Gasteiger partial charge in [0.2, 0.25) is 5.91 Å². The van der Waals surface area contributed by atoms with Gasteiger partial charge in [-0.2, -0.15) is 0 Å². The second kappa shape index (κ2) is 7.13. The lowest BCUT2D eigenvalue weighted by Crippen LogP contribution is -2.26. The van der Waals surface area contributed by atoms with Crippen LogP contribution in [-0.2, 0) is 4.79 Å². The highest BCUT2D eigenvalue weighted by Gasteiger charge is 2.29. The number of nitrogens with zero attached hydrogens (tertiary/aromatic N) is 1. The molecule has 2 aromatic carbocycles. The highest BCUT2D eigenvalue weighted by molar-refractivity contribution is 8.15. The minimum Gasteiger partial charge on any atom is -0.385 e. The smallest absolute Gasteiger partial charge is 0.239 e. The van der Waals surface area contributed by atoms with Crippen molar-refractivity contribution in [2.75, 3.05) is 11.9 Å². The maximum absolute atomic E-state index is 12.0. The Labute approximate surface area is 134 Å². The molecule has 1 aliphatic heterocycles. The number of carbonyl (C=O) groups is 1. The molecule has 0 bridgehead atoms. The predicted molar refractivity (Wildman–Crippen MR) is 92.6 cm³/mol. The number of anilines is 1. The Bertz CT molecular complexity index is 658. The van der Waals surface area contributed by atoms with Crippen LogP contribution in [0.15, 0.2) is 65.7 Å². The molecule has 2 N–H and O–H groups in total. The maximum Gasteiger partial charge on any atom is 0.239 e. The predicted octanol–water partition coefficient (Wildman–Crippen LogP) is 3.41. The van der Waals surface area contributed by atoms with Crippen LogP contribution in [0.1, 0.15) is 6.42 Å². The third kappa shape index (κ3) is 3.89. The van der Waals surface area contributed by atoms with Crippen LogP contribution in [0.3, 0.4) is 0 Å². The molecule has 4 nitrogen and oxygen atoms in total. The number of para-hydroxylation sites is 2. The highest BCUT2D eigenvalue weighted by atomic mass is 32.2. The van der Waals surface area contributed by atoms with E-state index in [0.717, 1.165) is 24.3 Å². The first kappa shape index (κ1) is 14.7. The quantitative estimate of drug-likeness (QED) is 0.890. The fourth-order valence-corrected chi connectivity index (χ4v) is 3.16. The SMILES string of the molecule is O=C1NC(=Nc2ccccc2)SC1CCNc1ccccc1. The number of hydrogen-bond acceptors (Lipinski definition) is 4. The van der Waals surface area contributed by atoms with Gasteiger partial charge in [-0.15, -0.1) is 0 Å². The lowest BCUT2D eigenvalue weighted by atomic mass is 10.2. The molecule has 1 amide bonds. The lowest BCUT2D eigenvalue weighted by molar-refractivity contribution is -0.118. The van der Waals surface area contributed by atoms with Crippen LogP contribution in [0.5, 0.6) is 0 Å². The molecule has 2 aromatic rings. The summed E-state index contributed by atoms with van der Waals surface area (Å²) in [6.45, 7) is 0.758. The molecule has 1 saturated heterocycles. The van der Waals surface area contributed by atoms with Gasteiger partial charge in [0, 0.05) is 12.2 Å². The number of aliphatic imine (C=N–C) groups is 1. The third-order valence-corrected chi connectivity index (χ3v) is 4.42. The van der Waals surface area contributed by atoms with Gasteiger partial charge in [0.15, 0.2) is 5.17 Å². The molecule has 0 aromatic heterocycles. The fraction of sp³-hybridized carbons (Fsp3) is 0.176. The summed E-state index contributed by atoms with van der Waals surface area (Å²) >= 11 is 1.50. The molecule has 0 spiro atoms. The summed E-state index contributed by atoms with van der Waals surface area (Å²) in [7, 11) is 0. The van der Waals surface area contributed by atoms with Crippen molar-refractivity contribution in [1.29, 1.82) is 0 Å². The zero-order valence-electron chi connectivity index (χ0n) is 12.0. The van der Waals surface area contributed by atoms with Crippen LogP contribution in [-0.4, -0.2) is 22.9 Å². The van der Waals surface area contributed by atoms with Crippen molar-refractivity contribution >= 4 is 34.2 Å². The number of carbonyl (C=O) groups excluding carboxylic acids is 1. The average molecular weight is 311 g/mol. The molecular formula is C17H17N3OS. The van der Waals surface area contributed by atoms with E-state index in [-0.39, 0.29) is 11.2 Å². The molecule has 1 aliphatic rings. The summed E-state index contributed by atoms with van der Waals surface area (Å²) in [5.74, 6) is 0.0366. The molecule has 0 saturated carbocycles. The van der Waals surface area contributed by atoms with Crippen molar-refractivity contribution in [2.45, 2.75) is 11.7 Å². The first-order valence-electron chi connectivity index (χ1n) is 7.21. The summed E-state index contributed by atoms with van der Waals surface area (Å²) in [5.41, 5.74) is 1.93. The summed E-state index contributed by atoms with van der Waals surface area (Å²) < 4.78 is 0. The van der Waals surface area contributed by atoms with E-state index in [1.807, 2.05) is 60.7 Å². The van der Waals surface area contributed by atoms with Crippen molar-refractivity contribution in [3.63, 3.8) is 0 Å².